The van der Waals surface area contributed by atoms with Crippen molar-refractivity contribution in [2.24, 2.45) is 0 Å². The van der Waals surface area contributed by atoms with Gasteiger partial charge in [-0.1, -0.05) is 36.4 Å². The lowest BCUT2D eigenvalue weighted by Gasteiger charge is -2.35. The first-order valence-electron chi connectivity index (χ1n) is 8.87. The first-order valence-corrected chi connectivity index (χ1v) is 8.87. The fourth-order valence-corrected chi connectivity index (χ4v) is 3.43. The molecular weight excluding hydrogens is 314 g/mol. The van der Waals surface area contributed by atoms with Gasteiger partial charge in [0.1, 0.15) is 6.61 Å². The van der Waals surface area contributed by atoms with Gasteiger partial charge in [0.05, 0.1) is 0 Å². The standard InChI is InChI=1S/C20H23N3O2/c24-20(25-15-16-4-2-1-3-5-16)23-12-10-22(11-13-23)18-7-6-17-8-9-21-19(17)14-18/h1-7,14,21H,8-13,15H2. The molecule has 130 valence electrons. The average molecular weight is 337 g/mol. The van der Waals surface area contributed by atoms with Gasteiger partial charge >= 0.3 is 6.09 Å². The second kappa shape index (κ2) is 7.05. The molecule has 0 saturated carbocycles. The van der Waals surface area contributed by atoms with E-state index < -0.39 is 0 Å². The summed E-state index contributed by atoms with van der Waals surface area (Å²) in [5.41, 5.74) is 4.89. The number of fused-ring (bicyclic) bond motifs is 1. The molecule has 0 atom stereocenters. The lowest BCUT2D eigenvalue weighted by Crippen LogP contribution is -2.48. The summed E-state index contributed by atoms with van der Waals surface area (Å²) in [5.74, 6) is 0. The van der Waals surface area contributed by atoms with Crippen LogP contribution < -0.4 is 10.2 Å². The molecule has 0 aromatic heterocycles. The Bertz CT molecular complexity index is 740. The van der Waals surface area contributed by atoms with E-state index in [9.17, 15) is 4.79 Å². The number of benzene rings is 2. The molecule has 1 amide bonds. The summed E-state index contributed by atoms with van der Waals surface area (Å²) in [7, 11) is 0. The zero-order chi connectivity index (χ0) is 17.1. The fraction of sp³-hybridized carbons (Fsp3) is 0.350. The van der Waals surface area contributed by atoms with Crippen molar-refractivity contribution in [2.75, 3.05) is 42.9 Å². The Balaban J connectivity index is 1.30. The number of carbonyl (C=O) groups is 1. The Kier molecular flexibility index (Phi) is 4.46. The molecule has 0 bridgehead atoms. The van der Waals surface area contributed by atoms with Crippen molar-refractivity contribution in [1.29, 1.82) is 0 Å². The van der Waals surface area contributed by atoms with E-state index in [1.807, 2.05) is 30.3 Å². The molecular formula is C20H23N3O2. The zero-order valence-electron chi connectivity index (χ0n) is 14.3. The van der Waals surface area contributed by atoms with E-state index in [0.717, 1.165) is 31.6 Å². The van der Waals surface area contributed by atoms with Gasteiger partial charge in [-0.15, -0.1) is 0 Å². The minimum absolute atomic E-state index is 0.223. The van der Waals surface area contributed by atoms with Crippen molar-refractivity contribution in [1.82, 2.24) is 4.90 Å². The largest absolute Gasteiger partial charge is 0.445 e. The minimum atomic E-state index is -0.223. The van der Waals surface area contributed by atoms with Gasteiger partial charge in [0.15, 0.2) is 0 Å². The first kappa shape index (κ1) is 15.8. The number of nitrogens with zero attached hydrogens (tertiary/aromatic N) is 2. The summed E-state index contributed by atoms with van der Waals surface area (Å²) in [6.07, 6.45) is 0.885. The second-order valence-corrected chi connectivity index (χ2v) is 6.53. The predicted molar refractivity (Wildman–Crippen MR) is 99.0 cm³/mol. The quantitative estimate of drug-likeness (QED) is 0.935. The molecule has 2 heterocycles. The third-order valence-corrected chi connectivity index (χ3v) is 4.91. The van der Waals surface area contributed by atoms with Crippen LogP contribution in [0.1, 0.15) is 11.1 Å². The lowest BCUT2D eigenvalue weighted by atomic mass is 10.1. The van der Waals surface area contributed by atoms with Gasteiger partial charge in [0.25, 0.3) is 0 Å². The van der Waals surface area contributed by atoms with Crippen molar-refractivity contribution in [3.05, 3.63) is 59.7 Å². The number of carbonyl (C=O) groups excluding carboxylic acids is 1. The normalized spacial score (nSPS) is 16.3. The highest BCUT2D eigenvalue weighted by Crippen LogP contribution is 2.28. The molecule has 2 aliphatic heterocycles. The first-order chi connectivity index (χ1) is 12.3. The van der Waals surface area contributed by atoms with Crippen LogP contribution >= 0.6 is 0 Å². The number of hydrogen-bond donors (Lipinski definition) is 1. The lowest BCUT2D eigenvalue weighted by molar-refractivity contribution is 0.0942. The van der Waals surface area contributed by atoms with Crippen molar-refractivity contribution in [2.45, 2.75) is 13.0 Å². The van der Waals surface area contributed by atoms with Crippen molar-refractivity contribution in [3.63, 3.8) is 0 Å². The molecule has 2 aromatic rings. The number of rotatable bonds is 3. The molecule has 0 spiro atoms. The van der Waals surface area contributed by atoms with E-state index >= 15 is 0 Å². The molecule has 25 heavy (non-hydrogen) atoms. The number of hydrogen-bond acceptors (Lipinski definition) is 4. The molecule has 1 N–H and O–H groups in total. The zero-order valence-corrected chi connectivity index (χ0v) is 14.3. The van der Waals surface area contributed by atoms with E-state index in [1.54, 1.807) is 4.90 Å². The van der Waals surface area contributed by atoms with Crippen LogP contribution in [-0.2, 0) is 17.8 Å². The molecule has 0 radical (unpaired) electrons. The Morgan fingerprint density at radius 2 is 1.84 bits per heavy atom. The van der Waals surface area contributed by atoms with E-state index in [4.69, 9.17) is 4.74 Å². The van der Waals surface area contributed by atoms with E-state index in [2.05, 4.69) is 28.4 Å². The summed E-state index contributed by atoms with van der Waals surface area (Å²) in [5, 5.41) is 3.43. The highest BCUT2D eigenvalue weighted by Gasteiger charge is 2.23. The minimum Gasteiger partial charge on any atom is -0.445 e. The molecule has 2 aliphatic rings. The Hall–Kier alpha value is -2.69. The summed E-state index contributed by atoms with van der Waals surface area (Å²) in [4.78, 5) is 16.4. The van der Waals surface area contributed by atoms with Crippen molar-refractivity contribution >= 4 is 17.5 Å². The van der Waals surface area contributed by atoms with Crippen LogP contribution in [0.2, 0.25) is 0 Å². The molecule has 0 unspecified atom stereocenters. The van der Waals surface area contributed by atoms with Gasteiger partial charge in [-0.05, 0) is 29.7 Å². The third kappa shape index (κ3) is 3.55. The molecule has 5 heteroatoms. The maximum Gasteiger partial charge on any atom is 0.410 e. The highest BCUT2D eigenvalue weighted by molar-refractivity contribution is 5.69. The summed E-state index contributed by atoms with van der Waals surface area (Å²) in [6, 6.07) is 16.4. The SMILES string of the molecule is O=C(OCc1ccccc1)N1CCN(c2ccc3c(c2)NCC3)CC1. The smallest absolute Gasteiger partial charge is 0.410 e. The summed E-state index contributed by atoms with van der Waals surface area (Å²) < 4.78 is 5.43. The second-order valence-electron chi connectivity index (χ2n) is 6.53. The number of ether oxygens (including phenoxy) is 1. The van der Waals surface area contributed by atoms with Gasteiger partial charge in [-0.2, -0.15) is 0 Å². The van der Waals surface area contributed by atoms with Crippen LogP contribution in [0, 0.1) is 0 Å². The maximum absolute atomic E-state index is 12.2. The molecule has 1 saturated heterocycles. The van der Waals surface area contributed by atoms with Crippen molar-refractivity contribution in [3.8, 4) is 0 Å². The Morgan fingerprint density at radius 3 is 2.64 bits per heavy atom. The van der Waals surface area contributed by atoms with Gasteiger partial charge in [0.2, 0.25) is 0 Å². The van der Waals surface area contributed by atoms with E-state index in [0.29, 0.717) is 19.7 Å². The van der Waals surface area contributed by atoms with Crippen LogP contribution in [0.4, 0.5) is 16.2 Å². The van der Waals surface area contributed by atoms with Crippen LogP contribution in [0.15, 0.2) is 48.5 Å². The molecule has 1 fully saturated rings. The number of anilines is 2. The maximum atomic E-state index is 12.2. The Labute approximate surface area is 148 Å². The number of piperazine rings is 1. The van der Waals surface area contributed by atoms with Gasteiger partial charge < -0.3 is 19.9 Å². The highest BCUT2D eigenvalue weighted by atomic mass is 16.6. The third-order valence-electron chi connectivity index (χ3n) is 4.91. The van der Waals surface area contributed by atoms with Crippen LogP contribution in [0.25, 0.3) is 0 Å². The van der Waals surface area contributed by atoms with Gasteiger partial charge in [-0.3, -0.25) is 0 Å². The predicted octanol–water partition coefficient (Wildman–Crippen LogP) is 3.11. The van der Waals surface area contributed by atoms with E-state index in [-0.39, 0.29) is 6.09 Å². The van der Waals surface area contributed by atoms with Gasteiger partial charge in [0, 0.05) is 44.1 Å². The van der Waals surface area contributed by atoms with Crippen LogP contribution in [0.3, 0.4) is 0 Å². The number of nitrogens with one attached hydrogen (secondary N) is 1. The summed E-state index contributed by atoms with van der Waals surface area (Å²) in [6.45, 7) is 4.41. The fourth-order valence-electron chi connectivity index (χ4n) is 3.43. The topological polar surface area (TPSA) is 44.8 Å². The average Bonchev–Trinajstić information content (AvgIpc) is 3.15. The van der Waals surface area contributed by atoms with Crippen molar-refractivity contribution < 1.29 is 9.53 Å². The van der Waals surface area contributed by atoms with Crippen LogP contribution in [-0.4, -0.2) is 43.7 Å². The van der Waals surface area contributed by atoms with Crippen LogP contribution in [0.5, 0.6) is 0 Å². The van der Waals surface area contributed by atoms with Gasteiger partial charge in [-0.25, -0.2) is 4.79 Å². The summed E-state index contributed by atoms with van der Waals surface area (Å²) >= 11 is 0. The monoisotopic (exact) mass is 337 g/mol. The molecule has 5 nitrogen and oxygen atoms in total. The number of amides is 1. The Morgan fingerprint density at radius 1 is 1.04 bits per heavy atom. The molecule has 2 aromatic carbocycles. The molecule has 0 aliphatic carbocycles. The van der Waals surface area contributed by atoms with E-state index in [1.165, 1.54) is 16.9 Å². The molecule has 4 rings (SSSR count).